The minimum absolute atomic E-state index is 0.0854. The van der Waals surface area contributed by atoms with Crippen LogP contribution in [0.25, 0.3) is 10.9 Å². The van der Waals surface area contributed by atoms with Crippen LogP contribution in [-0.2, 0) is 29.7 Å². The summed E-state index contributed by atoms with van der Waals surface area (Å²) in [6.45, 7) is 2.60. The number of carbonyl (C=O) groups is 2. The molecule has 0 aliphatic carbocycles. The summed E-state index contributed by atoms with van der Waals surface area (Å²) in [5.74, 6) is -0.408. The van der Waals surface area contributed by atoms with Crippen LogP contribution >= 0.6 is 11.8 Å². The van der Waals surface area contributed by atoms with Gasteiger partial charge in [-0.05, 0) is 36.2 Å². The van der Waals surface area contributed by atoms with Gasteiger partial charge in [-0.3, -0.25) is 9.59 Å². The normalized spacial score (nSPS) is 15.7. The van der Waals surface area contributed by atoms with Gasteiger partial charge in [-0.2, -0.15) is 0 Å². The second kappa shape index (κ2) is 9.58. The number of rotatable bonds is 5. The van der Waals surface area contributed by atoms with Crippen molar-refractivity contribution < 1.29 is 14.0 Å². The molecule has 1 atom stereocenters. The van der Waals surface area contributed by atoms with Crippen LogP contribution in [0.15, 0.2) is 77.8 Å². The molecule has 0 radical (unpaired) electrons. The molecule has 1 aromatic heterocycles. The van der Waals surface area contributed by atoms with E-state index in [1.54, 1.807) is 17.0 Å². The minimum atomic E-state index is -0.791. The van der Waals surface area contributed by atoms with E-state index in [-0.39, 0.29) is 29.9 Å². The summed E-state index contributed by atoms with van der Waals surface area (Å²) in [5.41, 5.74) is 4.76. The molecule has 5 rings (SSSR count). The Morgan fingerprint density at radius 2 is 1.71 bits per heavy atom. The fourth-order valence-corrected chi connectivity index (χ4v) is 5.68. The molecule has 35 heavy (non-hydrogen) atoms. The first kappa shape index (κ1) is 23.2. The van der Waals surface area contributed by atoms with E-state index in [2.05, 4.69) is 9.88 Å². The van der Waals surface area contributed by atoms with Crippen LogP contribution in [0.2, 0.25) is 0 Å². The lowest BCUT2D eigenvalue weighted by Crippen LogP contribution is -2.43. The number of aromatic nitrogens is 1. The van der Waals surface area contributed by atoms with Gasteiger partial charge in [0.2, 0.25) is 11.8 Å². The van der Waals surface area contributed by atoms with Crippen molar-refractivity contribution in [3.8, 4) is 0 Å². The maximum atomic E-state index is 13.8. The Kier molecular flexibility index (Phi) is 6.34. The molecule has 1 aliphatic heterocycles. The summed E-state index contributed by atoms with van der Waals surface area (Å²) in [7, 11) is 1.97. The van der Waals surface area contributed by atoms with Crippen molar-refractivity contribution in [2.24, 2.45) is 7.05 Å². The summed E-state index contributed by atoms with van der Waals surface area (Å²) >= 11 is 1.47. The number of nitrogens with one attached hydrogen (secondary N) is 1. The number of amides is 2. The molecule has 5 nitrogen and oxygen atoms in total. The molecular formula is C28H26FN3O2S. The van der Waals surface area contributed by atoms with Crippen molar-refractivity contribution in [3.05, 3.63) is 101 Å². The highest BCUT2D eigenvalue weighted by molar-refractivity contribution is 8.00. The van der Waals surface area contributed by atoms with E-state index < -0.39 is 6.04 Å². The van der Waals surface area contributed by atoms with Gasteiger partial charge in [0.25, 0.3) is 0 Å². The SMILES string of the molecule is Cc1ccc(CN2C(=O)CSc3c(c4ccccc4n3C)C2C(=O)NCc2ccc(F)cc2)cc1. The number of thioether (sulfide) groups is 1. The molecule has 0 bridgehead atoms. The third-order valence-electron chi connectivity index (χ3n) is 6.43. The van der Waals surface area contributed by atoms with Crippen LogP contribution in [0.5, 0.6) is 0 Å². The number of fused-ring (bicyclic) bond motifs is 3. The molecular weight excluding hydrogens is 461 g/mol. The molecule has 0 saturated carbocycles. The number of benzene rings is 3. The van der Waals surface area contributed by atoms with Gasteiger partial charge in [0.15, 0.2) is 0 Å². The zero-order valence-corrected chi connectivity index (χ0v) is 20.4. The van der Waals surface area contributed by atoms with Crippen LogP contribution in [0.4, 0.5) is 4.39 Å². The smallest absolute Gasteiger partial charge is 0.247 e. The Hall–Kier alpha value is -3.58. The first-order chi connectivity index (χ1) is 16.9. The molecule has 1 aliphatic rings. The van der Waals surface area contributed by atoms with Crippen molar-refractivity contribution in [1.82, 2.24) is 14.8 Å². The second-order valence-electron chi connectivity index (χ2n) is 8.84. The highest BCUT2D eigenvalue weighted by Crippen LogP contribution is 2.42. The third-order valence-corrected chi connectivity index (χ3v) is 7.59. The monoisotopic (exact) mass is 487 g/mol. The summed E-state index contributed by atoms with van der Waals surface area (Å²) in [6, 6.07) is 21.3. The maximum absolute atomic E-state index is 13.8. The van der Waals surface area contributed by atoms with E-state index in [4.69, 9.17) is 0 Å². The summed E-state index contributed by atoms with van der Waals surface area (Å²) < 4.78 is 15.4. The average molecular weight is 488 g/mol. The molecule has 1 unspecified atom stereocenters. The van der Waals surface area contributed by atoms with Crippen molar-refractivity contribution in [3.63, 3.8) is 0 Å². The molecule has 4 aromatic rings. The summed E-state index contributed by atoms with van der Waals surface area (Å²) in [6.07, 6.45) is 0. The zero-order valence-electron chi connectivity index (χ0n) is 19.6. The molecule has 0 spiro atoms. The predicted molar refractivity (Wildman–Crippen MR) is 136 cm³/mol. The van der Waals surface area contributed by atoms with E-state index in [1.165, 1.54) is 23.9 Å². The summed E-state index contributed by atoms with van der Waals surface area (Å²) in [4.78, 5) is 28.9. The van der Waals surface area contributed by atoms with Gasteiger partial charge in [0.1, 0.15) is 11.9 Å². The van der Waals surface area contributed by atoms with Gasteiger partial charge >= 0.3 is 0 Å². The number of carbonyl (C=O) groups excluding carboxylic acids is 2. The van der Waals surface area contributed by atoms with Gasteiger partial charge in [0.05, 0.1) is 10.8 Å². The molecule has 7 heteroatoms. The van der Waals surface area contributed by atoms with Crippen molar-refractivity contribution >= 4 is 34.5 Å². The van der Waals surface area contributed by atoms with Gasteiger partial charge in [-0.1, -0.05) is 71.9 Å². The van der Waals surface area contributed by atoms with Gasteiger partial charge < -0.3 is 14.8 Å². The second-order valence-corrected chi connectivity index (χ2v) is 9.80. The quantitative estimate of drug-likeness (QED) is 0.425. The van der Waals surface area contributed by atoms with E-state index in [0.29, 0.717) is 6.54 Å². The van der Waals surface area contributed by atoms with E-state index in [9.17, 15) is 14.0 Å². The van der Waals surface area contributed by atoms with Crippen molar-refractivity contribution in [1.29, 1.82) is 0 Å². The third kappa shape index (κ3) is 4.56. The molecule has 2 amide bonds. The first-order valence-electron chi connectivity index (χ1n) is 11.5. The van der Waals surface area contributed by atoms with Crippen LogP contribution in [0.1, 0.15) is 28.3 Å². The largest absolute Gasteiger partial charge is 0.350 e. The van der Waals surface area contributed by atoms with E-state index in [1.807, 2.05) is 62.5 Å². The van der Waals surface area contributed by atoms with Crippen LogP contribution < -0.4 is 5.32 Å². The molecule has 2 heterocycles. The number of hydrogen-bond donors (Lipinski definition) is 1. The van der Waals surface area contributed by atoms with Gasteiger partial charge in [-0.25, -0.2) is 4.39 Å². The number of nitrogens with zero attached hydrogens (tertiary/aromatic N) is 2. The molecule has 0 saturated heterocycles. The highest BCUT2D eigenvalue weighted by Gasteiger charge is 2.38. The van der Waals surface area contributed by atoms with Crippen molar-refractivity contribution in [2.45, 2.75) is 31.1 Å². The fraction of sp³-hybridized carbons (Fsp3) is 0.214. The number of para-hydroxylation sites is 1. The Balaban J connectivity index is 1.57. The van der Waals surface area contributed by atoms with Gasteiger partial charge in [0, 0.05) is 36.6 Å². The topological polar surface area (TPSA) is 54.3 Å². The van der Waals surface area contributed by atoms with E-state index in [0.717, 1.165) is 38.2 Å². The van der Waals surface area contributed by atoms with E-state index >= 15 is 0 Å². The highest BCUT2D eigenvalue weighted by atomic mass is 32.2. The standard InChI is InChI=1S/C28H26FN3O2S/c1-18-7-9-20(10-8-18)16-32-24(33)17-35-28-25(22-5-3-4-6-23(22)31(28)2)26(32)27(34)30-15-19-11-13-21(29)14-12-19/h3-14,26H,15-17H2,1-2H3,(H,30,34). The Labute approximate surface area is 207 Å². The fourth-order valence-electron chi connectivity index (χ4n) is 4.58. The lowest BCUT2D eigenvalue weighted by molar-refractivity contribution is -0.139. The lowest BCUT2D eigenvalue weighted by Gasteiger charge is -2.30. The Morgan fingerprint density at radius 3 is 2.46 bits per heavy atom. The van der Waals surface area contributed by atoms with Crippen LogP contribution in [-0.4, -0.2) is 27.0 Å². The number of aryl methyl sites for hydroxylation is 2. The number of hydrogen-bond acceptors (Lipinski definition) is 3. The predicted octanol–water partition coefficient (Wildman–Crippen LogP) is 5.12. The van der Waals surface area contributed by atoms with Crippen LogP contribution in [0, 0.1) is 12.7 Å². The zero-order chi connectivity index (χ0) is 24.5. The average Bonchev–Trinajstić information content (AvgIpc) is 3.05. The Morgan fingerprint density at radius 1 is 1.03 bits per heavy atom. The first-order valence-corrected chi connectivity index (χ1v) is 12.5. The molecule has 178 valence electrons. The number of halogens is 1. The van der Waals surface area contributed by atoms with Gasteiger partial charge in [-0.15, -0.1) is 0 Å². The van der Waals surface area contributed by atoms with Crippen LogP contribution in [0.3, 0.4) is 0 Å². The molecule has 3 aromatic carbocycles. The molecule has 1 N–H and O–H groups in total. The van der Waals surface area contributed by atoms with Crippen molar-refractivity contribution in [2.75, 3.05) is 5.75 Å². The maximum Gasteiger partial charge on any atom is 0.247 e. The summed E-state index contributed by atoms with van der Waals surface area (Å²) in [5, 5.41) is 4.89. The lowest BCUT2D eigenvalue weighted by atomic mass is 10.0. The minimum Gasteiger partial charge on any atom is -0.350 e. The molecule has 0 fully saturated rings. The Bertz CT molecular complexity index is 1400.